The molecule has 1 N–H and O–H groups in total. The van der Waals surface area contributed by atoms with Crippen LogP contribution >= 0.6 is 0 Å². The lowest BCUT2D eigenvalue weighted by atomic mass is 10.4. The standard InChI is InChI=1S/C9H15N3/c1-3-5-10-6-9-7-11-8-12(9)4-2/h3,7-8,10H,1,4-6H2,2H3. The van der Waals surface area contributed by atoms with Gasteiger partial charge in [-0.15, -0.1) is 6.58 Å². The normalized spacial score (nSPS) is 10.1. The lowest BCUT2D eigenvalue weighted by Gasteiger charge is -2.04. The van der Waals surface area contributed by atoms with Gasteiger partial charge in [0.25, 0.3) is 0 Å². The Morgan fingerprint density at radius 3 is 3.25 bits per heavy atom. The van der Waals surface area contributed by atoms with Crippen LogP contribution in [-0.2, 0) is 13.1 Å². The Bertz CT molecular complexity index is 240. The van der Waals surface area contributed by atoms with Crippen LogP contribution in [0.25, 0.3) is 0 Å². The highest BCUT2D eigenvalue weighted by Crippen LogP contribution is 1.97. The highest BCUT2D eigenvalue weighted by molar-refractivity contribution is 4.97. The summed E-state index contributed by atoms with van der Waals surface area (Å²) in [7, 11) is 0. The Morgan fingerprint density at radius 1 is 1.75 bits per heavy atom. The highest BCUT2D eigenvalue weighted by Gasteiger charge is 1.97. The summed E-state index contributed by atoms with van der Waals surface area (Å²) in [5.74, 6) is 0. The molecule has 0 saturated carbocycles. The molecule has 0 atom stereocenters. The van der Waals surface area contributed by atoms with Crippen molar-refractivity contribution in [3.8, 4) is 0 Å². The minimum absolute atomic E-state index is 0.842. The van der Waals surface area contributed by atoms with E-state index in [2.05, 4.69) is 28.4 Å². The molecule has 1 heterocycles. The zero-order valence-electron chi connectivity index (χ0n) is 7.45. The topological polar surface area (TPSA) is 29.9 Å². The molecule has 3 nitrogen and oxygen atoms in total. The van der Waals surface area contributed by atoms with E-state index in [9.17, 15) is 0 Å². The molecular weight excluding hydrogens is 150 g/mol. The molecule has 0 aliphatic carbocycles. The van der Waals surface area contributed by atoms with Crippen LogP contribution < -0.4 is 5.32 Å². The second-order valence-electron chi connectivity index (χ2n) is 2.59. The molecule has 12 heavy (non-hydrogen) atoms. The summed E-state index contributed by atoms with van der Waals surface area (Å²) < 4.78 is 2.12. The predicted molar refractivity (Wildman–Crippen MR) is 49.8 cm³/mol. The van der Waals surface area contributed by atoms with Crippen LogP contribution in [0.5, 0.6) is 0 Å². The smallest absolute Gasteiger partial charge is 0.0948 e. The van der Waals surface area contributed by atoms with Crippen molar-refractivity contribution in [3.63, 3.8) is 0 Å². The summed E-state index contributed by atoms with van der Waals surface area (Å²) in [5.41, 5.74) is 1.22. The molecule has 0 saturated heterocycles. The van der Waals surface area contributed by atoms with Gasteiger partial charge in [-0.25, -0.2) is 4.98 Å². The fraction of sp³-hybridized carbons (Fsp3) is 0.444. The van der Waals surface area contributed by atoms with E-state index in [0.29, 0.717) is 0 Å². The van der Waals surface area contributed by atoms with E-state index in [-0.39, 0.29) is 0 Å². The number of imidazole rings is 1. The van der Waals surface area contributed by atoms with Crippen LogP contribution in [0.1, 0.15) is 12.6 Å². The minimum atomic E-state index is 0.842. The number of aromatic nitrogens is 2. The van der Waals surface area contributed by atoms with Gasteiger partial charge in [-0.2, -0.15) is 0 Å². The molecule has 0 bridgehead atoms. The van der Waals surface area contributed by atoms with Crippen molar-refractivity contribution in [1.29, 1.82) is 0 Å². The van der Waals surface area contributed by atoms with Gasteiger partial charge in [-0.3, -0.25) is 0 Å². The van der Waals surface area contributed by atoms with Crippen LogP contribution in [-0.4, -0.2) is 16.1 Å². The summed E-state index contributed by atoms with van der Waals surface area (Å²) in [6, 6.07) is 0. The quantitative estimate of drug-likeness (QED) is 0.524. The number of nitrogens with one attached hydrogen (secondary N) is 1. The molecule has 1 aromatic rings. The first-order valence-electron chi connectivity index (χ1n) is 4.19. The average Bonchev–Trinajstić information content (AvgIpc) is 2.52. The maximum Gasteiger partial charge on any atom is 0.0948 e. The van der Waals surface area contributed by atoms with Crippen LogP contribution in [0.3, 0.4) is 0 Å². The summed E-state index contributed by atoms with van der Waals surface area (Å²) >= 11 is 0. The third-order valence-electron chi connectivity index (χ3n) is 1.73. The van der Waals surface area contributed by atoms with E-state index in [1.54, 1.807) is 0 Å². The Kier molecular flexibility index (Phi) is 3.54. The molecule has 0 fully saturated rings. The molecule has 1 aromatic heterocycles. The Hall–Kier alpha value is -1.09. The van der Waals surface area contributed by atoms with E-state index < -0.39 is 0 Å². The first kappa shape index (κ1) is 9.00. The maximum absolute atomic E-state index is 4.07. The van der Waals surface area contributed by atoms with Gasteiger partial charge in [0.15, 0.2) is 0 Å². The zero-order chi connectivity index (χ0) is 8.81. The molecule has 0 aliphatic rings. The zero-order valence-corrected chi connectivity index (χ0v) is 7.45. The largest absolute Gasteiger partial charge is 0.334 e. The summed E-state index contributed by atoms with van der Waals surface area (Å²) in [6.07, 6.45) is 5.59. The van der Waals surface area contributed by atoms with Crippen molar-refractivity contribution >= 4 is 0 Å². The van der Waals surface area contributed by atoms with Crippen LogP contribution in [0.2, 0.25) is 0 Å². The predicted octanol–water partition coefficient (Wildman–Crippen LogP) is 1.18. The van der Waals surface area contributed by atoms with Gasteiger partial charge in [-0.1, -0.05) is 6.08 Å². The third-order valence-corrected chi connectivity index (χ3v) is 1.73. The molecule has 0 aliphatic heterocycles. The fourth-order valence-corrected chi connectivity index (χ4v) is 1.08. The molecule has 0 spiro atoms. The van der Waals surface area contributed by atoms with Crippen molar-refractivity contribution in [1.82, 2.24) is 14.9 Å². The van der Waals surface area contributed by atoms with Crippen molar-refractivity contribution in [2.75, 3.05) is 6.54 Å². The molecule has 0 radical (unpaired) electrons. The van der Waals surface area contributed by atoms with Gasteiger partial charge in [0, 0.05) is 25.8 Å². The summed E-state index contributed by atoms with van der Waals surface area (Å²) in [5, 5.41) is 3.23. The fourth-order valence-electron chi connectivity index (χ4n) is 1.08. The van der Waals surface area contributed by atoms with Gasteiger partial charge < -0.3 is 9.88 Å². The van der Waals surface area contributed by atoms with E-state index in [0.717, 1.165) is 19.6 Å². The molecule has 0 amide bonds. The lowest BCUT2D eigenvalue weighted by molar-refractivity contribution is 0.657. The van der Waals surface area contributed by atoms with Crippen LogP contribution in [0, 0.1) is 0 Å². The molecule has 66 valence electrons. The SMILES string of the molecule is C=CCNCc1cncn1CC. The average molecular weight is 165 g/mol. The third kappa shape index (κ3) is 2.20. The number of rotatable bonds is 5. The van der Waals surface area contributed by atoms with Gasteiger partial charge in [0.1, 0.15) is 0 Å². The maximum atomic E-state index is 4.07. The van der Waals surface area contributed by atoms with E-state index in [1.165, 1.54) is 5.69 Å². The molecular formula is C9H15N3. The summed E-state index contributed by atoms with van der Waals surface area (Å²) in [4.78, 5) is 4.07. The second-order valence-corrected chi connectivity index (χ2v) is 2.59. The monoisotopic (exact) mass is 165 g/mol. The Labute approximate surface area is 73.1 Å². The Morgan fingerprint density at radius 2 is 2.58 bits per heavy atom. The van der Waals surface area contributed by atoms with E-state index in [1.807, 2.05) is 18.6 Å². The number of hydrogen-bond acceptors (Lipinski definition) is 2. The number of hydrogen-bond donors (Lipinski definition) is 1. The first-order valence-corrected chi connectivity index (χ1v) is 4.19. The van der Waals surface area contributed by atoms with Gasteiger partial charge in [-0.05, 0) is 6.92 Å². The number of nitrogens with zero attached hydrogens (tertiary/aromatic N) is 2. The molecule has 0 aromatic carbocycles. The van der Waals surface area contributed by atoms with Gasteiger partial charge in [0.05, 0.1) is 12.0 Å². The van der Waals surface area contributed by atoms with Crippen LogP contribution in [0.4, 0.5) is 0 Å². The Balaban J connectivity index is 2.44. The minimum Gasteiger partial charge on any atom is -0.334 e. The van der Waals surface area contributed by atoms with Crippen molar-refractivity contribution < 1.29 is 0 Å². The summed E-state index contributed by atoms with van der Waals surface area (Å²) in [6.45, 7) is 8.43. The van der Waals surface area contributed by atoms with Crippen molar-refractivity contribution in [2.45, 2.75) is 20.0 Å². The van der Waals surface area contributed by atoms with Gasteiger partial charge >= 0.3 is 0 Å². The van der Waals surface area contributed by atoms with Crippen molar-refractivity contribution in [2.24, 2.45) is 0 Å². The van der Waals surface area contributed by atoms with E-state index >= 15 is 0 Å². The first-order chi connectivity index (χ1) is 5.88. The van der Waals surface area contributed by atoms with Crippen LogP contribution in [0.15, 0.2) is 25.2 Å². The van der Waals surface area contributed by atoms with Crippen molar-refractivity contribution in [3.05, 3.63) is 30.9 Å². The molecule has 3 heteroatoms. The van der Waals surface area contributed by atoms with E-state index in [4.69, 9.17) is 0 Å². The number of aryl methyl sites for hydroxylation is 1. The van der Waals surface area contributed by atoms with Gasteiger partial charge in [0.2, 0.25) is 0 Å². The lowest BCUT2D eigenvalue weighted by Crippen LogP contribution is -2.15. The second kappa shape index (κ2) is 4.72. The highest BCUT2D eigenvalue weighted by atomic mass is 15.1. The molecule has 1 rings (SSSR count). The molecule has 0 unspecified atom stereocenters.